The number of aryl methyl sites for hydroxylation is 1. The van der Waals surface area contributed by atoms with E-state index in [0.29, 0.717) is 0 Å². The zero-order valence-corrected chi connectivity index (χ0v) is 19.0. The van der Waals surface area contributed by atoms with Crippen molar-refractivity contribution < 1.29 is 0 Å². The third-order valence-corrected chi connectivity index (χ3v) is 6.78. The molecule has 1 aliphatic heterocycles. The molecule has 0 spiro atoms. The lowest BCUT2D eigenvalue weighted by molar-refractivity contribution is 0.190. The first-order valence-corrected chi connectivity index (χ1v) is 12.4. The summed E-state index contributed by atoms with van der Waals surface area (Å²) in [5, 5.41) is 5.17. The fourth-order valence-corrected chi connectivity index (χ4v) is 4.89. The van der Waals surface area contributed by atoms with Gasteiger partial charge in [0.2, 0.25) is 0 Å². The van der Waals surface area contributed by atoms with Crippen LogP contribution in [0, 0.1) is 0 Å². The van der Waals surface area contributed by atoms with Gasteiger partial charge in [-0.3, -0.25) is 4.90 Å². The lowest BCUT2D eigenvalue weighted by atomic mass is 10.0. The molecule has 0 radical (unpaired) electrons. The molecular weight excluding hydrogens is 378 g/mol. The van der Waals surface area contributed by atoms with Crippen LogP contribution >= 0.6 is 0 Å². The van der Waals surface area contributed by atoms with E-state index >= 15 is 0 Å². The first-order valence-electron chi connectivity index (χ1n) is 12.4. The first-order chi connectivity index (χ1) is 15.4. The van der Waals surface area contributed by atoms with Crippen molar-refractivity contribution in [1.82, 2.24) is 14.8 Å². The normalized spacial score (nSPS) is 15.6. The second kappa shape index (κ2) is 12.1. The Morgan fingerprint density at radius 2 is 1.45 bits per heavy atom. The van der Waals surface area contributed by atoms with E-state index < -0.39 is 0 Å². The van der Waals surface area contributed by atoms with Crippen LogP contribution in [0.5, 0.6) is 0 Å². The van der Waals surface area contributed by atoms with Gasteiger partial charge < -0.3 is 9.88 Å². The molecule has 3 nitrogen and oxygen atoms in total. The molecular formula is C28H39N3. The van der Waals surface area contributed by atoms with Gasteiger partial charge >= 0.3 is 0 Å². The van der Waals surface area contributed by atoms with Gasteiger partial charge in [0.15, 0.2) is 0 Å². The van der Waals surface area contributed by atoms with Gasteiger partial charge in [0.05, 0.1) is 0 Å². The zero-order chi connectivity index (χ0) is 21.1. The van der Waals surface area contributed by atoms with Crippen molar-refractivity contribution in [2.45, 2.75) is 70.5 Å². The molecule has 0 bridgehead atoms. The Kier molecular flexibility index (Phi) is 8.61. The van der Waals surface area contributed by atoms with E-state index in [-0.39, 0.29) is 0 Å². The third-order valence-electron chi connectivity index (χ3n) is 6.78. The number of rotatable bonds is 12. The predicted octanol–water partition coefficient (Wildman–Crippen LogP) is 6.24. The van der Waals surface area contributed by atoms with E-state index in [1.54, 1.807) is 0 Å². The number of hydrogen-bond acceptors (Lipinski definition) is 2. The second-order valence-corrected chi connectivity index (χ2v) is 9.18. The zero-order valence-electron chi connectivity index (χ0n) is 19.0. The number of piperidine rings is 1. The number of likely N-dealkylation sites (tertiary alicyclic amines) is 1. The molecule has 0 saturated carbocycles. The minimum atomic E-state index is 0.725. The van der Waals surface area contributed by atoms with Crippen molar-refractivity contribution in [3.05, 3.63) is 72.4 Å². The molecule has 4 rings (SSSR count). The molecule has 0 atom stereocenters. The monoisotopic (exact) mass is 417 g/mol. The van der Waals surface area contributed by atoms with E-state index in [1.165, 1.54) is 87.5 Å². The number of para-hydroxylation sites is 1. The summed E-state index contributed by atoms with van der Waals surface area (Å²) in [6.45, 7) is 5.90. The average Bonchev–Trinajstić information content (AvgIpc) is 3.23. The quantitative estimate of drug-likeness (QED) is 0.352. The fourth-order valence-electron chi connectivity index (χ4n) is 4.89. The maximum absolute atomic E-state index is 3.81. The van der Waals surface area contributed by atoms with E-state index in [9.17, 15) is 0 Å². The van der Waals surface area contributed by atoms with Crippen molar-refractivity contribution in [2.24, 2.45) is 0 Å². The summed E-state index contributed by atoms with van der Waals surface area (Å²) >= 11 is 0. The largest absolute Gasteiger partial charge is 0.347 e. The summed E-state index contributed by atoms with van der Waals surface area (Å²) in [6, 6.07) is 22.5. The smallest absolute Gasteiger partial charge is 0.0480 e. The van der Waals surface area contributed by atoms with Gasteiger partial charge in [-0.05, 0) is 68.4 Å². The Hall–Kier alpha value is -2.10. The minimum absolute atomic E-state index is 0.725. The molecule has 2 heterocycles. The van der Waals surface area contributed by atoms with Crippen molar-refractivity contribution in [1.29, 1.82) is 0 Å². The van der Waals surface area contributed by atoms with Gasteiger partial charge in [0, 0.05) is 30.8 Å². The number of nitrogens with one attached hydrogen (secondary N) is 1. The Balaban J connectivity index is 0.990. The Morgan fingerprint density at radius 1 is 0.742 bits per heavy atom. The molecule has 1 fully saturated rings. The highest BCUT2D eigenvalue weighted by Gasteiger charge is 2.18. The van der Waals surface area contributed by atoms with Crippen molar-refractivity contribution in [2.75, 3.05) is 19.6 Å². The van der Waals surface area contributed by atoms with Crippen LogP contribution < -0.4 is 5.32 Å². The molecule has 3 heteroatoms. The van der Waals surface area contributed by atoms with Gasteiger partial charge in [-0.15, -0.1) is 0 Å². The maximum atomic E-state index is 3.81. The molecule has 0 amide bonds. The van der Waals surface area contributed by atoms with Crippen LogP contribution in [0.3, 0.4) is 0 Å². The highest BCUT2D eigenvalue weighted by atomic mass is 15.1. The van der Waals surface area contributed by atoms with Crippen LogP contribution in [0.1, 0.15) is 56.9 Å². The molecule has 2 aromatic carbocycles. The van der Waals surface area contributed by atoms with Gasteiger partial charge in [0.25, 0.3) is 0 Å². The minimum Gasteiger partial charge on any atom is -0.347 e. The van der Waals surface area contributed by atoms with E-state index in [2.05, 4.69) is 81.6 Å². The standard InChI is InChI=1S/C28H39N3/c1(2-4-11-20-31-23-16-26-14-8-9-15-28(26)31)3-10-19-29-27-17-21-30(22-18-27)24-25-12-6-5-7-13-25/h5-9,12-16,23,27,29H,1-4,10-11,17-22,24H2. The van der Waals surface area contributed by atoms with Crippen LogP contribution in [-0.4, -0.2) is 35.1 Å². The second-order valence-electron chi connectivity index (χ2n) is 9.18. The highest BCUT2D eigenvalue weighted by Crippen LogP contribution is 2.17. The lowest BCUT2D eigenvalue weighted by Crippen LogP contribution is -2.42. The van der Waals surface area contributed by atoms with E-state index in [4.69, 9.17) is 0 Å². The summed E-state index contributed by atoms with van der Waals surface area (Å²) in [4.78, 5) is 2.60. The highest BCUT2D eigenvalue weighted by molar-refractivity contribution is 5.79. The maximum Gasteiger partial charge on any atom is 0.0480 e. The van der Waals surface area contributed by atoms with Crippen LogP contribution in [0.2, 0.25) is 0 Å². The van der Waals surface area contributed by atoms with Gasteiger partial charge in [-0.2, -0.15) is 0 Å². The summed E-state index contributed by atoms with van der Waals surface area (Å²) in [5.41, 5.74) is 2.81. The van der Waals surface area contributed by atoms with Gasteiger partial charge in [-0.1, -0.05) is 74.2 Å². The van der Waals surface area contributed by atoms with Crippen molar-refractivity contribution in [3.8, 4) is 0 Å². The molecule has 1 N–H and O–H groups in total. The van der Waals surface area contributed by atoms with Gasteiger partial charge in [-0.25, -0.2) is 0 Å². The Morgan fingerprint density at radius 3 is 2.29 bits per heavy atom. The summed E-state index contributed by atoms with van der Waals surface area (Å²) < 4.78 is 2.41. The number of benzene rings is 2. The predicted molar refractivity (Wildman–Crippen MR) is 132 cm³/mol. The summed E-state index contributed by atoms with van der Waals surface area (Å²) in [6.07, 6.45) is 12.9. The number of unbranched alkanes of at least 4 members (excludes halogenated alkanes) is 5. The first kappa shape index (κ1) is 22.1. The number of hydrogen-bond donors (Lipinski definition) is 1. The molecule has 1 aromatic heterocycles. The number of nitrogens with zero attached hydrogens (tertiary/aromatic N) is 2. The molecule has 0 unspecified atom stereocenters. The van der Waals surface area contributed by atoms with Crippen molar-refractivity contribution >= 4 is 10.9 Å². The van der Waals surface area contributed by atoms with Crippen LogP contribution in [-0.2, 0) is 13.1 Å². The van der Waals surface area contributed by atoms with Crippen LogP contribution in [0.15, 0.2) is 66.9 Å². The third kappa shape index (κ3) is 6.95. The molecule has 3 aromatic rings. The molecule has 1 aliphatic rings. The molecule has 1 saturated heterocycles. The average molecular weight is 418 g/mol. The number of aromatic nitrogens is 1. The van der Waals surface area contributed by atoms with Gasteiger partial charge in [0.1, 0.15) is 0 Å². The topological polar surface area (TPSA) is 20.2 Å². The number of fused-ring (bicyclic) bond motifs is 1. The molecule has 0 aliphatic carbocycles. The Bertz CT molecular complexity index is 877. The molecule has 31 heavy (non-hydrogen) atoms. The van der Waals surface area contributed by atoms with Crippen LogP contribution in [0.4, 0.5) is 0 Å². The SMILES string of the molecule is c1ccc(CN2CCC(NCCCCCCCCn3ccc4ccccc43)CC2)cc1. The summed E-state index contributed by atoms with van der Waals surface area (Å²) in [5.74, 6) is 0. The van der Waals surface area contributed by atoms with Crippen molar-refractivity contribution in [3.63, 3.8) is 0 Å². The molecule has 166 valence electrons. The Labute approximate surface area is 188 Å². The fraction of sp³-hybridized carbons (Fsp3) is 0.500. The van der Waals surface area contributed by atoms with E-state index in [1.807, 2.05) is 0 Å². The summed E-state index contributed by atoms with van der Waals surface area (Å²) in [7, 11) is 0. The van der Waals surface area contributed by atoms with Crippen LogP contribution in [0.25, 0.3) is 10.9 Å². The lowest BCUT2D eigenvalue weighted by Gasteiger charge is -2.32. The van der Waals surface area contributed by atoms with E-state index in [0.717, 1.165) is 19.1 Å².